The Morgan fingerprint density at radius 3 is 3.13 bits per heavy atom. The van der Waals surface area contributed by atoms with Crippen LogP contribution < -0.4 is 5.32 Å². The molecule has 2 aromatic heterocycles. The maximum atomic E-state index is 4.15. The summed E-state index contributed by atoms with van der Waals surface area (Å²) in [5, 5.41) is 7.52. The van der Waals surface area contributed by atoms with Crippen molar-refractivity contribution in [3.8, 4) is 0 Å². The van der Waals surface area contributed by atoms with E-state index >= 15 is 0 Å². The molecule has 0 amide bonds. The second-order valence-corrected chi connectivity index (χ2v) is 3.55. The molecular weight excluding hydrogens is 190 g/mol. The van der Waals surface area contributed by atoms with E-state index in [-0.39, 0.29) is 0 Å². The van der Waals surface area contributed by atoms with Crippen molar-refractivity contribution >= 4 is 0 Å². The van der Waals surface area contributed by atoms with Crippen LogP contribution in [0.1, 0.15) is 12.7 Å². The molecular formula is C10H15N5. The van der Waals surface area contributed by atoms with Crippen LogP contribution in [-0.2, 0) is 13.1 Å². The average molecular weight is 205 g/mol. The number of imidazole rings is 1. The molecule has 0 radical (unpaired) electrons. The van der Waals surface area contributed by atoms with Gasteiger partial charge in [0.25, 0.3) is 0 Å². The van der Waals surface area contributed by atoms with Crippen molar-refractivity contribution in [2.24, 2.45) is 0 Å². The quantitative estimate of drug-likeness (QED) is 0.758. The number of nitrogens with one attached hydrogen (secondary N) is 2. The molecule has 15 heavy (non-hydrogen) atoms. The largest absolute Gasteiger partial charge is 0.348 e. The van der Waals surface area contributed by atoms with Crippen molar-refractivity contribution in [1.82, 2.24) is 25.1 Å². The fraction of sp³-hybridized carbons (Fsp3) is 0.400. The Labute approximate surface area is 88.5 Å². The molecule has 2 N–H and O–H groups in total. The van der Waals surface area contributed by atoms with E-state index in [4.69, 9.17) is 0 Å². The predicted molar refractivity (Wildman–Crippen MR) is 57.1 cm³/mol. The molecule has 0 aliphatic rings. The van der Waals surface area contributed by atoms with Crippen molar-refractivity contribution in [2.75, 3.05) is 0 Å². The van der Waals surface area contributed by atoms with Crippen LogP contribution in [-0.4, -0.2) is 25.8 Å². The van der Waals surface area contributed by atoms with Crippen molar-refractivity contribution in [2.45, 2.75) is 26.1 Å². The fourth-order valence-electron chi connectivity index (χ4n) is 1.42. The molecule has 0 aliphatic carbocycles. The summed E-state index contributed by atoms with van der Waals surface area (Å²) in [6.07, 6.45) is 7.34. The van der Waals surface area contributed by atoms with E-state index in [2.05, 4.69) is 27.3 Å². The smallest absolute Gasteiger partial charge is 0.120 e. The number of hydrogen-bond acceptors (Lipinski definition) is 3. The van der Waals surface area contributed by atoms with E-state index in [1.807, 2.05) is 23.1 Å². The van der Waals surface area contributed by atoms with Gasteiger partial charge < -0.3 is 10.3 Å². The van der Waals surface area contributed by atoms with E-state index in [0.29, 0.717) is 6.04 Å². The lowest BCUT2D eigenvalue weighted by molar-refractivity contribution is 0.446. The first-order chi connectivity index (χ1) is 7.34. The normalized spacial score (nSPS) is 12.9. The molecule has 2 heterocycles. The minimum absolute atomic E-state index is 0.370. The Hall–Kier alpha value is -1.62. The van der Waals surface area contributed by atoms with Crippen molar-refractivity contribution in [3.05, 3.63) is 36.7 Å². The Balaban J connectivity index is 1.76. The second kappa shape index (κ2) is 4.75. The molecule has 5 nitrogen and oxygen atoms in total. The van der Waals surface area contributed by atoms with E-state index in [0.717, 1.165) is 18.9 Å². The third kappa shape index (κ3) is 2.92. The molecule has 0 aliphatic heterocycles. The molecule has 0 spiro atoms. The summed E-state index contributed by atoms with van der Waals surface area (Å²) in [5.41, 5.74) is 0. The first-order valence-electron chi connectivity index (χ1n) is 5.03. The minimum Gasteiger partial charge on any atom is -0.348 e. The Morgan fingerprint density at radius 1 is 1.53 bits per heavy atom. The van der Waals surface area contributed by atoms with Crippen molar-refractivity contribution < 1.29 is 0 Å². The highest BCUT2D eigenvalue weighted by Crippen LogP contribution is 1.93. The van der Waals surface area contributed by atoms with Gasteiger partial charge in [-0.2, -0.15) is 5.10 Å². The number of aromatic nitrogens is 4. The highest BCUT2D eigenvalue weighted by molar-refractivity contribution is 4.86. The van der Waals surface area contributed by atoms with Gasteiger partial charge in [-0.25, -0.2) is 4.98 Å². The van der Waals surface area contributed by atoms with Crippen LogP contribution in [0, 0.1) is 0 Å². The Morgan fingerprint density at radius 2 is 2.47 bits per heavy atom. The van der Waals surface area contributed by atoms with Gasteiger partial charge >= 0.3 is 0 Å². The van der Waals surface area contributed by atoms with E-state index in [9.17, 15) is 0 Å². The number of hydrogen-bond donors (Lipinski definition) is 2. The molecule has 5 heteroatoms. The highest BCUT2D eigenvalue weighted by Gasteiger charge is 2.03. The first-order valence-corrected chi connectivity index (χ1v) is 5.03. The number of aromatic amines is 1. The van der Waals surface area contributed by atoms with Crippen molar-refractivity contribution in [1.29, 1.82) is 0 Å². The lowest BCUT2D eigenvalue weighted by Gasteiger charge is -2.12. The number of H-pyrrole nitrogens is 1. The number of rotatable bonds is 5. The van der Waals surface area contributed by atoms with Gasteiger partial charge in [0, 0.05) is 30.8 Å². The van der Waals surface area contributed by atoms with Gasteiger partial charge in [-0.3, -0.25) is 4.68 Å². The van der Waals surface area contributed by atoms with Crippen LogP contribution in [0.5, 0.6) is 0 Å². The van der Waals surface area contributed by atoms with Gasteiger partial charge in [-0.15, -0.1) is 0 Å². The predicted octanol–water partition coefficient (Wildman–Crippen LogP) is 0.784. The maximum absolute atomic E-state index is 4.15. The van der Waals surface area contributed by atoms with Crippen LogP contribution >= 0.6 is 0 Å². The van der Waals surface area contributed by atoms with Crippen LogP contribution in [0.4, 0.5) is 0 Å². The summed E-state index contributed by atoms with van der Waals surface area (Å²) in [5.74, 6) is 0.960. The third-order valence-corrected chi connectivity index (χ3v) is 2.19. The second-order valence-electron chi connectivity index (χ2n) is 3.55. The summed E-state index contributed by atoms with van der Waals surface area (Å²) in [7, 11) is 0. The van der Waals surface area contributed by atoms with Crippen LogP contribution in [0.2, 0.25) is 0 Å². The monoisotopic (exact) mass is 205 g/mol. The van der Waals surface area contributed by atoms with Crippen LogP contribution in [0.15, 0.2) is 30.9 Å². The third-order valence-electron chi connectivity index (χ3n) is 2.19. The lowest BCUT2D eigenvalue weighted by Crippen LogP contribution is -2.30. The zero-order valence-electron chi connectivity index (χ0n) is 8.72. The molecule has 2 rings (SSSR count). The van der Waals surface area contributed by atoms with Gasteiger partial charge in [0.2, 0.25) is 0 Å². The lowest BCUT2D eigenvalue weighted by atomic mass is 10.3. The molecule has 1 atom stereocenters. The van der Waals surface area contributed by atoms with Gasteiger partial charge in [0.1, 0.15) is 5.82 Å². The summed E-state index contributed by atoms with van der Waals surface area (Å²) in [4.78, 5) is 7.20. The molecule has 80 valence electrons. The van der Waals surface area contributed by atoms with Crippen LogP contribution in [0.25, 0.3) is 0 Å². The van der Waals surface area contributed by atoms with E-state index < -0.39 is 0 Å². The van der Waals surface area contributed by atoms with Gasteiger partial charge in [0.05, 0.1) is 13.1 Å². The van der Waals surface area contributed by atoms with Gasteiger partial charge in [0.15, 0.2) is 0 Å². The highest BCUT2D eigenvalue weighted by atomic mass is 15.3. The summed E-state index contributed by atoms with van der Waals surface area (Å²) in [6, 6.07) is 2.30. The number of nitrogens with zero attached hydrogens (tertiary/aromatic N) is 3. The minimum atomic E-state index is 0.370. The Kier molecular flexibility index (Phi) is 3.14. The molecule has 2 aromatic rings. The summed E-state index contributed by atoms with van der Waals surface area (Å²) >= 11 is 0. The molecule has 1 unspecified atom stereocenters. The molecule has 0 bridgehead atoms. The molecule has 0 saturated carbocycles. The average Bonchev–Trinajstić information content (AvgIpc) is 2.86. The Bertz CT molecular complexity index is 364. The van der Waals surface area contributed by atoms with Gasteiger partial charge in [-0.1, -0.05) is 0 Å². The fourth-order valence-corrected chi connectivity index (χ4v) is 1.42. The first kappa shape index (κ1) is 9.92. The van der Waals surface area contributed by atoms with Gasteiger partial charge in [-0.05, 0) is 13.0 Å². The standard InChI is InChI=1S/C10H15N5/c1-9(8-15-6-2-3-14-15)13-7-10-11-4-5-12-10/h2-6,9,13H,7-8H2,1H3,(H,11,12). The zero-order valence-corrected chi connectivity index (χ0v) is 8.72. The molecule has 0 aromatic carbocycles. The van der Waals surface area contributed by atoms with E-state index in [1.165, 1.54) is 0 Å². The summed E-state index contributed by atoms with van der Waals surface area (Å²) < 4.78 is 1.92. The van der Waals surface area contributed by atoms with Crippen LogP contribution in [0.3, 0.4) is 0 Å². The molecule has 0 saturated heterocycles. The molecule has 0 fully saturated rings. The summed E-state index contributed by atoms with van der Waals surface area (Å²) in [6.45, 7) is 3.76. The maximum Gasteiger partial charge on any atom is 0.120 e. The van der Waals surface area contributed by atoms with E-state index in [1.54, 1.807) is 12.4 Å². The topological polar surface area (TPSA) is 58.5 Å². The zero-order chi connectivity index (χ0) is 10.5. The van der Waals surface area contributed by atoms with Crippen molar-refractivity contribution in [3.63, 3.8) is 0 Å². The SMILES string of the molecule is CC(Cn1cccn1)NCc1ncc[nH]1.